The summed E-state index contributed by atoms with van der Waals surface area (Å²) in [7, 11) is 2.11. The summed E-state index contributed by atoms with van der Waals surface area (Å²) in [5.74, 6) is -3.07. The number of aromatic nitrogens is 2. The fourth-order valence-corrected chi connectivity index (χ4v) is 5.13. The highest BCUT2D eigenvalue weighted by molar-refractivity contribution is 7.10. The Morgan fingerprint density at radius 1 is 1.03 bits per heavy atom. The number of aliphatic carboxylic acids is 1. The van der Waals surface area contributed by atoms with Gasteiger partial charge in [-0.3, -0.25) is 19.5 Å². The molecule has 4 aromatic rings. The van der Waals surface area contributed by atoms with Crippen LogP contribution in [0.2, 0.25) is 0 Å². The van der Waals surface area contributed by atoms with Crippen molar-refractivity contribution in [2.75, 3.05) is 43.4 Å². The number of ketones is 1. The van der Waals surface area contributed by atoms with Gasteiger partial charge < -0.3 is 20.2 Å². The topological polar surface area (TPSA) is 119 Å². The smallest absolute Gasteiger partial charge is 0.319 e. The normalized spacial score (nSPS) is 15.1. The third-order valence-electron chi connectivity index (χ3n) is 6.41. The summed E-state index contributed by atoms with van der Waals surface area (Å²) in [4.78, 5) is 42.9. The maximum atomic E-state index is 13.1. The van der Waals surface area contributed by atoms with Gasteiger partial charge in [-0.15, -0.1) is 11.3 Å². The highest BCUT2D eigenvalue weighted by Crippen LogP contribution is 2.29. The summed E-state index contributed by atoms with van der Waals surface area (Å²) in [5.41, 5.74) is 2.42. The van der Waals surface area contributed by atoms with E-state index in [1.54, 1.807) is 47.8 Å². The number of carbonyl (C=O) groups excluding carboxylic acids is 2. The lowest BCUT2D eigenvalue weighted by Gasteiger charge is -2.34. The van der Waals surface area contributed by atoms with E-state index in [0.29, 0.717) is 21.3 Å². The fourth-order valence-electron chi connectivity index (χ4n) is 4.32. The number of carboxylic acids is 1. The number of aromatic amines is 1. The van der Waals surface area contributed by atoms with Gasteiger partial charge in [-0.25, -0.2) is 0 Å². The lowest BCUT2D eigenvalue weighted by atomic mass is 9.95. The molecular formula is C26H25N5O4S. The Hall–Kier alpha value is -4.02. The third-order valence-corrected chi connectivity index (χ3v) is 7.35. The minimum atomic E-state index is -1.29. The quantitative estimate of drug-likeness (QED) is 0.260. The number of Topliss-reactive ketones (excluding diaryl/α,β-unsaturated/α-hetero) is 1. The van der Waals surface area contributed by atoms with Gasteiger partial charge in [0.15, 0.2) is 17.5 Å². The van der Waals surface area contributed by atoms with Crippen LogP contribution >= 0.6 is 11.3 Å². The molecule has 1 aliphatic heterocycles. The third kappa shape index (κ3) is 4.73. The molecule has 0 saturated carbocycles. The van der Waals surface area contributed by atoms with Crippen LogP contribution < -0.4 is 10.2 Å². The number of H-pyrrole nitrogens is 1. The predicted octanol–water partition coefficient (Wildman–Crippen LogP) is 3.68. The summed E-state index contributed by atoms with van der Waals surface area (Å²) < 4.78 is 0. The van der Waals surface area contributed by atoms with Gasteiger partial charge >= 0.3 is 5.97 Å². The summed E-state index contributed by atoms with van der Waals surface area (Å²) >= 11 is 1.22. The standard InChI is InChI=1S/C26H25N5O4S/c1-30-10-12-31(13-11-30)18-7-4-16(5-8-18)25(33)27-24-19-15-17(6-9-20(19)28-29-24)23(32)22(26(34)35)21-3-2-14-36-21/h2-9,14-15,22H,10-13H2,1H3,(H,34,35)(H2,27,28,29,33). The van der Waals surface area contributed by atoms with Gasteiger partial charge in [-0.1, -0.05) is 6.07 Å². The van der Waals surface area contributed by atoms with Crippen LogP contribution in [0.3, 0.4) is 0 Å². The number of hydrogen-bond acceptors (Lipinski definition) is 7. The summed E-state index contributed by atoms with van der Waals surface area (Å²) in [6.45, 7) is 3.88. The molecule has 2 aromatic carbocycles. The van der Waals surface area contributed by atoms with Gasteiger partial charge in [-0.05, 0) is 61.0 Å². The maximum Gasteiger partial charge on any atom is 0.319 e. The second kappa shape index (κ2) is 9.92. The second-order valence-corrected chi connectivity index (χ2v) is 9.75. The number of anilines is 2. The molecule has 1 unspecified atom stereocenters. The van der Waals surface area contributed by atoms with Crippen LogP contribution in [-0.4, -0.2) is 71.1 Å². The van der Waals surface area contributed by atoms with Gasteiger partial charge in [0.25, 0.3) is 5.91 Å². The molecule has 5 rings (SSSR count). The Balaban J connectivity index is 1.34. The van der Waals surface area contributed by atoms with Crippen LogP contribution in [0.15, 0.2) is 60.0 Å². The molecule has 0 aliphatic carbocycles. The Labute approximate surface area is 211 Å². The average molecular weight is 504 g/mol. The molecule has 0 bridgehead atoms. The minimum Gasteiger partial charge on any atom is -0.480 e. The van der Waals surface area contributed by atoms with Gasteiger partial charge in [-0.2, -0.15) is 5.10 Å². The van der Waals surface area contributed by atoms with Crippen molar-refractivity contribution in [1.82, 2.24) is 15.1 Å². The van der Waals surface area contributed by atoms with Gasteiger partial charge in [0.1, 0.15) is 0 Å². The van der Waals surface area contributed by atoms with E-state index in [1.165, 1.54) is 11.3 Å². The second-order valence-electron chi connectivity index (χ2n) is 8.77. The number of rotatable bonds is 7. The number of hydrogen-bond donors (Lipinski definition) is 3. The van der Waals surface area contributed by atoms with Crippen LogP contribution in [0.1, 0.15) is 31.5 Å². The molecule has 3 heterocycles. The van der Waals surface area contributed by atoms with Crippen molar-refractivity contribution >= 4 is 51.4 Å². The fraction of sp³-hybridized carbons (Fsp3) is 0.231. The molecule has 1 saturated heterocycles. The van der Waals surface area contributed by atoms with E-state index >= 15 is 0 Å². The van der Waals surface area contributed by atoms with Crippen LogP contribution in [-0.2, 0) is 4.79 Å². The zero-order chi connectivity index (χ0) is 25.2. The Kier molecular flexibility index (Phi) is 6.53. The largest absolute Gasteiger partial charge is 0.480 e. The van der Waals surface area contributed by atoms with E-state index in [2.05, 4.69) is 32.4 Å². The summed E-state index contributed by atoms with van der Waals surface area (Å²) in [6, 6.07) is 15.6. The summed E-state index contributed by atoms with van der Waals surface area (Å²) in [6.07, 6.45) is 0. The number of benzene rings is 2. The lowest BCUT2D eigenvalue weighted by molar-refractivity contribution is -0.137. The van der Waals surface area contributed by atoms with E-state index < -0.39 is 17.7 Å². The highest BCUT2D eigenvalue weighted by Gasteiger charge is 2.30. The number of nitrogens with one attached hydrogen (secondary N) is 2. The number of piperazine rings is 1. The van der Waals surface area contributed by atoms with E-state index in [0.717, 1.165) is 31.9 Å². The van der Waals surface area contributed by atoms with Crippen molar-refractivity contribution in [2.24, 2.45) is 0 Å². The SMILES string of the molecule is CN1CCN(c2ccc(C(=O)Nc3n[nH]c4ccc(C(=O)C(C(=O)O)c5cccs5)cc34)cc2)CC1. The molecule has 36 heavy (non-hydrogen) atoms. The van der Waals surface area contributed by atoms with Crippen LogP contribution in [0.25, 0.3) is 10.9 Å². The molecule has 0 spiro atoms. The Morgan fingerprint density at radius 2 is 1.75 bits per heavy atom. The number of fused-ring (bicyclic) bond motifs is 1. The molecule has 3 N–H and O–H groups in total. The molecule has 1 amide bonds. The molecule has 184 valence electrons. The monoisotopic (exact) mass is 503 g/mol. The van der Waals surface area contributed by atoms with Crippen molar-refractivity contribution in [3.8, 4) is 0 Å². The molecule has 1 atom stereocenters. The average Bonchev–Trinajstić information content (AvgIpc) is 3.55. The highest BCUT2D eigenvalue weighted by atomic mass is 32.1. The summed E-state index contributed by atoms with van der Waals surface area (Å²) in [5, 5.41) is 21.8. The molecule has 1 fully saturated rings. The number of nitrogens with zero attached hydrogens (tertiary/aromatic N) is 3. The van der Waals surface area contributed by atoms with Crippen molar-refractivity contribution in [3.63, 3.8) is 0 Å². The first-order valence-electron chi connectivity index (χ1n) is 11.5. The van der Waals surface area contributed by atoms with Gasteiger partial charge in [0, 0.05) is 53.3 Å². The van der Waals surface area contributed by atoms with Crippen LogP contribution in [0.5, 0.6) is 0 Å². The predicted molar refractivity (Wildman–Crippen MR) is 139 cm³/mol. The first-order chi connectivity index (χ1) is 17.4. The maximum absolute atomic E-state index is 13.1. The van der Waals surface area contributed by atoms with Crippen molar-refractivity contribution in [2.45, 2.75) is 5.92 Å². The number of likely N-dealkylation sites (N-methyl/N-ethyl adjacent to an activating group) is 1. The van der Waals surface area contributed by atoms with Crippen molar-refractivity contribution in [1.29, 1.82) is 0 Å². The number of carbonyl (C=O) groups is 3. The van der Waals surface area contributed by atoms with Gasteiger partial charge in [0.2, 0.25) is 0 Å². The van der Waals surface area contributed by atoms with E-state index in [4.69, 9.17) is 0 Å². The minimum absolute atomic E-state index is 0.233. The van der Waals surface area contributed by atoms with E-state index in [-0.39, 0.29) is 17.3 Å². The molecule has 0 radical (unpaired) electrons. The first kappa shape index (κ1) is 23.7. The van der Waals surface area contributed by atoms with Crippen molar-refractivity contribution in [3.05, 3.63) is 76.0 Å². The molecule has 9 nitrogen and oxygen atoms in total. The lowest BCUT2D eigenvalue weighted by Crippen LogP contribution is -2.44. The zero-order valence-corrected chi connectivity index (χ0v) is 20.4. The van der Waals surface area contributed by atoms with Gasteiger partial charge in [0.05, 0.1) is 5.52 Å². The number of carboxylic acid groups (broad SMARTS) is 1. The van der Waals surface area contributed by atoms with E-state index in [1.807, 2.05) is 12.1 Å². The Morgan fingerprint density at radius 3 is 2.42 bits per heavy atom. The van der Waals surface area contributed by atoms with Crippen molar-refractivity contribution < 1.29 is 19.5 Å². The zero-order valence-electron chi connectivity index (χ0n) is 19.6. The number of thiophene rings is 1. The Bertz CT molecular complexity index is 1410. The molecule has 1 aliphatic rings. The number of amides is 1. The molecular weight excluding hydrogens is 478 g/mol. The first-order valence-corrected chi connectivity index (χ1v) is 12.4. The van der Waals surface area contributed by atoms with Crippen LogP contribution in [0.4, 0.5) is 11.5 Å². The van der Waals surface area contributed by atoms with E-state index in [9.17, 15) is 19.5 Å². The molecule has 10 heteroatoms. The van der Waals surface area contributed by atoms with Crippen LogP contribution in [0, 0.1) is 0 Å². The molecule has 2 aromatic heterocycles.